The van der Waals surface area contributed by atoms with Crippen LogP contribution in [0.5, 0.6) is 5.75 Å². The van der Waals surface area contributed by atoms with Crippen molar-refractivity contribution in [2.24, 2.45) is 0 Å². The highest BCUT2D eigenvalue weighted by Crippen LogP contribution is 2.29. The zero-order valence-corrected chi connectivity index (χ0v) is 13.4. The molecule has 8 heteroatoms. The van der Waals surface area contributed by atoms with Crippen LogP contribution < -0.4 is 4.74 Å². The smallest absolute Gasteiger partial charge is 0.225 e. The van der Waals surface area contributed by atoms with Crippen LogP contribution in [-0.2, 0) is 11.5 Å². The van der Waals surface area contributed by atoms with Crippen LogP contribution in [-0.4, -0.2) is 33.7 Å². The summed E-state index contributed by atoms with van der Waals surface area (Å²) in [5.41, 5.74) is 1.88. The second-order valence-corrected chi connectivity index (χ2v) is 5.16. The predicted octanol–water partition coefficient (Wildman–Crippen LogP) is 3.41. The van der Waals surface area contributed by atoms with Gasteiger partial charge in [0.1, 0.15) is 23.8 Å². The predicted molar refractivity (Wildman–Crippen MR) is 84.3 cm³/mol. The molecular formula is C14H12Cl2N4O2. The quantitative estimate of drug-likeness (QED) is 0.538. The third kappa shape index (κ3) is 2.61. The number of rotatable bonds is 4. The van der Waals surface area contributed by atoms with Crippen LogP contribution in [0.3, 0.4) is 0 Å². The SMILES string of the molecule is COCn1c(-c2ccc(OC)cc2)nc2c(Cl)nc(Cl)nc21. The molecule has 0 N–H and O–H groups in total. The summed E-state index contributed by atoms with van der Waals surface area (Å²) in [5, 5.41) is 0.274. The maximum Gasteiger partial charge on any atom is 0.225 e. The molecule has 0 radical (unpaired) electrons. The average Bonchev–Trinajstić information content (AvgIpc) is 2.87. The van der Waals surface area contributed by atoms with Crippen molar-refractivity contribution in [2.75, 3.05) is 14.2 Å². The molecule has 6 nitrogen and oxygen atoms in total. The van der Waals surface area contributed by atoms with E-state index in [1.165, 1.54) is 0 Å². The number of halogens is 2. The fraction of sp³-hybridized carbons (Fsp3) is 0.214. The molecule has 0 atom stereocenters. The van der Waals surface area contributed by atoms with Gasteiger partial charge in [-0.05, 0) is 35.9 Å². The number of aromatic nitrogens is 4. The molecule has 0 saturated carbocycles. The number of ether oxygens (including phenoxy) is 2. The third-order valence-electron chi connectivity index (χ3n) is 3.13. The van der Waals surface area contributed by atoms with Crippen molar-refractivity contribution < 1.29 is 9.47 Å². The molecule has 0 aliphatic carbocycles. The van der Waals surface area contributed by atoms with Crippen LogP contribution >= 0.6 is 23.2 Å². The maximum absolute atomic E-state index is 6.11. The van der Waals surface area contributed by atoms with Gasteiger partial charge in [-0.1, -0.05) is 11.6 Å². The number of hydrogen-bond donors (Lipinski definition) is 0. The summed E-state index contributed by atoms with van der Waals surface area (Å²) < 4.78 is 12.2. The monoisotopic (exact) mass is 338 g/mol. The zero-order chi connectivity index (χ0) is 15.7. The summed E-state index contributed by atoms with van der Waals surface area (Å²) in [5.74, 6) is 1.43. The van der Waals surface area contributed by atoms with Crippen LogP contribution in [0.4, 0.5) is 0 Å². The molecule has 0 aliphatic rings. The zero-order valence-electron chi connectivity index (χ0n) is 11.9. The van der Waals surface area contributed by atoms with E-state index in [0.29, 0.717) is 17.0 Å². The molecule has 0 amide bonds. The van der Waals surface area contributed by atoms with Gasteiger partial charge in [-0.2, -0.15) is 4.98 Å². The summed E-state index contributed by atoms with van der Waals surface area (Å²) in [6.45, 7) is 0.265. The summed E-state index contributed by atoms with van der Waals surface area (Å²) in [6, 6.07) is 7.50. The molecule has 0 bridgehead atoms. The molecule has 0 fully saturated rings. The average molecular weight is 339 g/mol. The van der Waals surface area contributed by atoms with E-state index in [1.54, 1.807) is 18.8 Å². The van der Waals surface area contributed by atoms with Crippen molar-refractivity contribution in [3.05, 3.63) is 34.7 Å². The van der Waals surface area contributed by atoms with E-state index >= 15 is 0 Å². The molecule has 3 aromatic rings. The molecule has 2 aromatic heterocycles. The Morgan fingerprint density at radius 2 is 1.77 bits per heavy atom. The fourth-order valence-electron chi connectivity index (χ4n) is 2.15. The number of benzene rings is 1. The molecule has 1 aromatic carbocycles. The first kappa shape index (κ1) is 15.0. The Morgan fingerprint density at radius 3 is 2.41 bits per heavy atom. The second kappa shape index (κ2) is 6.08. The van der Waals surface area contributed by atoms with Crippen molar-refractivity contribution in [3.63, 3.8) is 0 Å². The number of hydrogen-bond acceptors (Lipinski definition) is 5. The molecular weight excluding hydrogens is 327 g/mol. The Kier molecular flexibility index (Phi) is 4.15. The van der Waals surface area contributed by atoms with Gasteiger partial charge in [-0.3, -0.25) is 4.57 Å². The van der Waals surface area contributed by atoms with Crippen LogP contribution in [0.25, 0.3) is 22.6 Å². The van der Waals surface area contributed by atoms with E-state index in [2.05, 4.69) is 15.0 Å². The van der Waals surface area contributed by atoms with Gasteiger partial charge in [0.2, 0.25) is 5.28 Å². The number of fused-ring (bicyclic) bond motifs is 1. The molecule has 0 aliphatic heterocycles. The topological polar surface area (TPSA) is 62.1 Å². The molecule has 114 valence electrons. The first-order chi connectivity index (χ1) is 10.6. The highest BCUT2D eigenvalue weighted by Gasteiger charge is 2.17. The fourth-order valence-corrected chi connectivity index (χ4v) is 2.57. The molecule has 2 heterocycles. The largest absolute Gasteiger partial charge is 0.497 e. The lowest BCUT2D eigenvalue weighted by Crippen LogP contribution is -2.03. The molecule has 0 unspecified atom stereocenters. The van der Waals surface area contributed by atoms with Gasteiger partial charge in [-0.25, -0.2) is 9.97 Å². The van der Waals surface area contributed by atoms with Crippen LogP contribution in [0, 0.1) is 0 Å². The minimum absolute atomic E-state index is 0.0658. The Labute approximate surface area is 136 Å². The Bertz CT molecular complexity index is 818. The summed E-state index contributed by atoms with van der Waals surface area (Å²) in [6.07, 6.45) is 0. The van der Waals surface area contributed by atoms with E-state index in [0.717, 1.165) is 11.3 Å². The number of imidazole rings is 1. The lowest BCUT2D eigenvalue weighted by molar-refractivity contribution is 0.135. The van der Waals surface area contributed by atoms with Crippen LogP contribution in [0.2, 0.25) is 10.4 Å². The Morgan fingerprint density at radius 1 is 1.05 bits per heavy atom. The van der Waals surface area contributed by atoms with Gasteiger partial charge in [0.25, 0.3) is 0 Å². The molecule has 3 rings (SSSR count). The first-order valence-corrected chi connectivity index (χ1v) is 7.12. The minimum Gasteiger partial charge on any atom is -0.497 e. The van der Waals surface area contributed by atoms with Crippen molar-refractivity contribution in [2.45, 2.75) is 6.73 Å². The van der Waals surface area contributed by atoms with Crippen LogP contribution in [0.1, 0.15) is 0 Å². The molecule has 0 saturated heterocycles. The normalized spacial score (nSPS) is 11.1. The van der Waals surface area contributed by atoms with Gasteiger partial charge in [-0.15, -0.1) is 0 Å². The second-order valence-electron chi connectivity index (χ2n) is 4.47. The van der Waals surface area contributed by atoms with Gasteiger partial charge in [0, 0.05) is 12.7 Å². The van der Waals surface area contributed by atoms with Gasteiger partial charge >= 0.3 is 0 Å². The van der Waals surface area contributed by atoms with E-state index in [4.69, 9.17) is 32.7 Å². The highest BCUT2D eigenvalue weighted by molar-refractivity contribution is 6.35. The summed E-state index contributed by atoms with van der Waals surface area (Å²) in [4.78, 5) is 12.6. The van der Waals surface area contributed by atoms with E-state index in [-0.39, 0.29) is 17.2 Å². The lowest BCUT2D eigenvalue weighted by Gasteiger charge is -2.08. The van der Waals surface area contributed by atoms with Crippen molar-refractivity contribution in [1.29, 1.82) is 0 Å². The maximum atomic E-state index is 6.11. The van der Waals surface area contributed by atoms with Crippen molar-refractivity contribution >= 4 is 34.4 Å². The minimum atomic E-state index is 0.0658. The van der Waals surface area contributed by atoms with Gasteiger partial charge in [0.05, 0.1) is 7.11 Å². The number of methoxy groups -OCH3 is 2. The first-order valence-electron chi connectivity index (χ1n) is 6.36. The van der Waals surface area contributed by atoms with E-state index in [9.17, 15) is 0 Å². The van der Waals surface area contributed by atoms with Gasteiger partial charge < -0.3 is 9.47 Å². The Balaban J connectivity index is 2.23. The molecule has 22 heavy (non-hydrogen) atoms. The van der Waals surface area contributed by atoms with Gasteiger partial charge in [0.15, 0.2) is 10.8 Å². The number of nitrogens with zero attached hydrogens (tertiary/aromatic N) is 4. The van der Waals surface area contributed by atoms with Crippen LogP contribution in [0.15, 0.2) is 24.3 Å². The third-order valence-corrected chi connectivity index (χ3v) is 3.56. The van der Waals surface area contributed by atoms with E-state index < -0.39 is 0 Å². The van der Waals surface area contributed by atoms with E-state index in [1.807, 2.05) is 24.3 Å². The van der Waals surface area contributed by atoms with Crippen molar-refractivity contribution in [1.82, 2.24) is 19.5 Å². The van der Waals surface area contributed by atoms with Crippen molar-refractivity contribution in [3.8, 4) is 17.1 Å². The lowest BCUT2D eigenvalue weighted by atomic mass is 10.2. The Hall–Kier alpha value is -1.89. The highest BCUT2D eigenvalue weighted by atomic mass is 35.5. The molecule has 0 spiro atoms. The summed E-state index contributed by atoms with van der Waals surface area (Å²) in [7, 11) is 3.21. The summed E-state index contributed by atoms with van der Waals surface area (Å²) >= 11 is 12.0. The standard InChI is InChI=1S/C14H12Cl2N4O2/c1-21-7-20-12(8-3-5-9(22-2)6-4-8)17-10-11(15)18-14(16)19-13(10)20/h3-6H,7H2,1-2H3.